The van der Waals surface area contributed by atoms with Crippen LogP contribution in [0.3, 0.4) is 0 Å². The zero-order valence-electron chi connectivity index (χ0n) is 25.7. The number of nitrogens with zero attached hydrogens (tertiary/aromatic N) is 4. The van der Waals surface area contributed by atoms with Crippen molar-refractivity contribution < 1.29 is 14.3 Å². The van der Waals surface area contributed by atoms with Crippen molar-refractivity contribution in [3.8, 4) is 11.8 Å². The molecule has 0 radical (unpaired) electrons. The largest absolute Gasteiger partial charge is 0.490 e. The van der Waals surface area contributed by atoms with Crippen LogP contribution in [0, 0.1) is 11.3 Å². The lowest BCUT2D eigenvalue weighted by Crippen LogP contribution is -2.49. The standard InChI is InChI=1S/C35H44N4O3/c1-5-37(6-2)13-18-42-32-21-28-29(22-31(32)39-11-9-26(10-12-39)38-14-16-41-17-15-38)35(3,4)30-20-25-19-24(23-36)7-8-27(25)33(30)34(28)40/h7-8,19,21-22,26H,5-6,9-18,20H2,1-4H3. The number of hydrogen-bond donors (Lipinski definition) is 0. The molecule has 0 unspecified atom stereocenters. The third kappa shape index (κ3) is 5.15. The summed E-state index contributed by atoms with van der Waals surface area (Å²) in [5, 5.41) is 9.48. The van der Waals surface area contributed by atoms with E-state index in [1.807, 2.05) is 24.3 Å². The fourth-order valence-electron chi connectivity index (χ4n) is 7.46. The molecule has 7 nitrogen and oxygen atoms in total. The van der Waals surface area contributed by atoms with Crippen LogP contribution >= 0.6 is 0 Å². The highest BCUT2D eigenvalue weighted by Crippen LogP contribution is 2.52. The van der Waals surface area contributed by atoms with Crippen LogP contribution in [0.5, 0.6) is 5.75 Å². The maximum Gasteiger partial charge on any atom is 0.194 e. The van der Waals surface area contributed by atoms with Gasteiger partial charge in [-0.1, -0.05) is 33.8 Å². The van der Waals surface area contributed by atoms with Gasteiger partial charge in [0.15, 0.2) is 5.78 Å². The number of piperidine rings is 1. The van der Waals surface area contributed by atoms with Gasteiger partial charge in [-0.25, -0.2) is 0 Å². The zero-order chi connectivity index (χ0) is 29.4. The molecular formula is C35H44N4O3. The van der Waals surface area contributed by atoms with Gasteiger partial charge in [0, 0.05) is 55.3 Å². The van der Waals surface area contributed by atoms with Crippen LogP contribution < -0.4 is 9.64 Å². The number of ketones is 1. The smallest absolute Gasteiger partial charge is 0.194 e. The number of carbonyl (C=O) groups is 1. The summed E-state index contributed by atoms with van der Waals surface area (Å²) in [7, 11) is 0. The molecule has 2 heterocycles. The molecule has 6 rings (SSSR count). The molecule has 0 bridgehead atoms. The van der Waals surface area contributed by atoms with E-state index in [9.17, 15) is 10.1 Å². The van der Waals surface area contributed by atoms with Gasteiger partial charge in [0.05, 0.1) is 30.5 Å². The molecular weight excluding hydrogens is 524 g/mol. The second-order valence-electron chi connectivity index (χ2n) is 12.6. The Bertz CT molecular complexity index is 1420. The van der Waals surface area contributed by atoms with Crippen LogP contribution in [-0.4, -0.2) is 87.3 Å². The van der Waals surface area contributed by atoms with Crippen molar-refractivity contribution in [1.82, 2.24) is 9.80 Å². The van der Waals surface area contributed by atoms with Crippen LogP contribution in [0.15, 0.2) is 35.9 Å². The average molecular weight is 569 g/mol. The van der Waals surface area contributed by atoms with Gasteiger partial charge in [0.2, 0.25) is 0 Å². The Labute approximate surface area is 250 Å². The molecule has 2 aliphatic heterocycles. The lowest BCUT2D eigenvalue weighted by Gasteiger charge is -2.42. The van der Waals surface area contributed by atoms with Gasteiger partial charge >= 0.3 is 0 Å². The Hall–Kier alpha value is -3.18. The first-order valence-corrected chi connectivity index (χ1v) is 15.8. The Morgan fingerprint density at radius 2 is 1.79 bits per heavy atom. The number of carbonyl (C=O) groups excluding carboxylic acids is 1. The first-order valence-electron chi connectivity index (χ1n) is 15.8. The SMILES string of the molecule is CCN(CC)CCOc1cc2c(cc1N1CCC(N3CCOCC3)CC1)C(C)(C)C1=C(C2=O)c2ccc(C#N)cc2C1. The normalized spacial score (nSPS) is 20.4. The lowest BCUT2D eigenvalue weighted by molar-refractivity contribution is 0.0115. The van der Waals surface area contributed by atoms with Gasteiger partial charge in [0.1, 0.15) is 12.4 Å². The van der Waals surface area contributed by atoms with Crippen LogP contribution in [0.4, 0.5) is 5.69 Å². The number of likely N-dealkylation sites (N-methyl/N-ethyl adjacent to an activating group) is 1. The third-order valence-electron chi connectivity index (χ3n) is 10.1. The van der Waals surface area contributed by atoms with E-state index in [0.29, 0.717) is 24.6 Å². The van der Waals surface area contributed by atoms with Crippen LogP contribution in [0.1, 0.15) is 73.1 Å². The van der Waals surface area contributed by atoms with Gasteiger partial charge in [-0.3, -0.25) is 9.69 Å². The molecule has 42 heavy (non-hydrogen) atoms. The van der Waals surface area contributed by atoms with Gasteiger partial charge in [-0.2, -0.15) is 5.26 Å². The maximum absolute atomic E-state index is 14.2. The Morgan fingerprint density at radius 1 is 1.05 bits per heavy atom. The van der Waals surface area contributed by atoms with E-state index in [4.69, 9.17) is 9.47 Å². The summed E-state index contributed by atoms with van der Waals surface area (Å²) in [5.41, 5.74) is 7.31. The van der Waals surface area contributed by atoms with Crippen molar-refractivity contribution >= 4 is 17.0 Å². The summed E-state index contributed by atoms with van der Waals surface area (Å²) in [6, 6.07) is 12.9. The van der Waals surface area contributed by atoms with E-state index >= 15 is 0 Å². The summed E-state index contributed by atoms with van der Waals surface area (Å²) >= 11 is 0. The molecule has 0 saturated carbocycles. The summed E-state index contributed by atoms with van der Waals surface area (Å²) in [5.74, 6) is 0.894. The molecule has 2 aromatic rings. The van der Waals surface area contributed by atoms with E-state index in [-0.39, 0.29) is 11.2 Å². The number of ether oxygens (including phenoxy) is 2. The van der Waals surface area contributed by atoms with Gasteiger partial charge in [-0.15, -0.1) is 0 Å². The molecule has 0 amide bonds. The molecule has 7 heteroatoms. The van der Waals surface area contributed by atoms with Crippen LogP contribution in [-0.2, 0) is 16.6 Å². The van der Waals surface area contributed by atoms with Crippen molar-refractivity contribution in [2.24, 2.45) is 0 Å². The van der Waals surface area contributed by atoms with Gasteiger partial charge in [0.25, 0.3) is 0 Å². The number of fused-ring (bicyclic) bond motifs is 3. The second kappa shape index (κ2) is 11.8. The number of benzene rings is 2. The van der Waals surface area contributed by atoms with Crippen molar-refractivity contribution in [2.45, 2.75) is 58.4 Å². The summed E-state index contributed by atoms with van der Waals surface area (Å²) < 4.78 is 12.1. The van der Waals surface area contributed by atoms with Crippen LogP contribution in [0.25, 0.3) is 5.57 Å². The number of nitriles is 1. The van der Waals surface area contributed by atoms with Crippen LogP contribution in [0.2, 0.25) is 0 Å². The van der Waals surface area contributed by atoms with Crippen molar-refractivity contribution in [3.63, 3.8) is 0 Å². The Morgan fingerprint density at radius 3 is 2.48 bits per heavy atom. The molecule has 2 fully saturated rings. The van der Waals surface area contributed by atoms with E-state index in [1.165, 1.54) is 0 Å². The fraction of sp³-hybridized carbons (Fsp3) is 0.543. The monoisotopic (exact) mass is 568 g/mol. The van der Waals surface area contributed by atoms with E-state index in [0.717, 1.165) is 117 Å². The highest BCUT2D eigenvalue weighted by molar-refractivity contribution is 6.33. The summed E-state index contributed by atoms with van der Waals surface area (Å²) in [6.45, 7) is 17.9. The lowest BCUT2D eigenvalue weighted by atomic mass is 9.68. The fourth-order valence-corrected chi connectivity index (χ4v) is 7.46. The minimum Gasteiger partial charge on any atom is -0.490 e. The zero-order valence-corrected chi connectivity index (χ0v) is 25.7. The van der Waals surface area contributed by atoms with Crippen molar-refractivity contribution in [2.75, 3.05) is 70.5 Å². The summed E-state index contributed by atoms with van der Waals surface area (Å²) in [6.07, 6.45) is 2.94. The molecule has 2 aromatic carbocycles. The van der Waals surface area contributed by atoms with Crippen molar-refractivity contribution in [1.29, 1.82) is 5.26 Å². The first kappa shape index (κ1) is 28.9. The highest BCUT2D eigenvalue weighted by atomic mass is 16.5. The molecule has 0 N–H and O–H groups in total. The van der Waals surface area contributed by atoms with Gasteiger partial charge < -0.3 is 19.3 Å². The molecule has 0 spiro atoms. The van der Waals surface area contributed by atoms with Crippen molar-refractivity contribution in [3.05, 3.63) is 63.7 Å². The first-order chi connectivity index (χ1) is 20.3. The topological polar surface area (TPSA) is 69.0 Å². The predicted molar refractivity (Wildman–Crippen MR) is 166 cm³/mol. The Balaban J connectivity index is 1.33. The molecule has 0 atom stereocenters. The number of Topliss-reactive ketones (excluding diaryl/α,β-unsaturated/α-hetero) is 1. The predicted octanol–water partition coefficient (Wildman–Crippen LogP) is 5.06. The minimum absolute atomic E-state index is 0.0777. The molecule has 0 aromatic heterocycles. The molecule has 4 aliphatic rings. The van der Waals surface area contributed by atoms with E-state index in [1.54, 1.807) is 0 Å². The summed E-state index contributed by atoms with van der Waals surface area (Å²) in [4.78, 5) is 21.7. The Kier molecular flexibility index (Phi) is 8.15. The molecule has 2 aliphatic carbocycles. The second-order valence-corrected chi connectivity index (χ2v) is 12.6. The van der Waals surface area contributed by atoms with E-state index in [2.05, 4.69) is 54.5 Å². The minimum atomic E-state index is -0.314. The molecule has 2 saturated heterocycles. The number of rotatable bonds is 8. The van der Waals surface area contributed by atoms with Gasteiger partial charge in [-0.05, 0) is 78.9 Å². The average Bonchev–Trinajstić information content (AvgIpc) is 3.42. The number of morpholine rings is 1. The quantitative estimate of drug-likeness (QED) is 0.441. The number of allylic oxidation sites excluding steroid dienone is 2. The highest BCUT2D eigenvalue weighted by Gasteiger charge is 2.44. The number of anilines is 1. The maximum atomic E-state index is 14.2. The third-order valence-corrected chi connectivity index (χ3v) is 10.1. The van der Waals surface area contributed by atoms with E-state index < -0.39 is 0 Å². The number of hydrogen-bond acceptors (Lipinski definition) is 7. The molecule has 222 valence electrons.